The first kappa shape index (κ1) is 19.1. The number of aryl methyl sites for hydroxylation is 1. The van der Waals surface area contributed by atoms with Crippen LogP contribution in [0.25, 0.3) is 16.9 Å². The summed E-state index contributed by atoms with van der Waals surface area (Å²) in [6.45, 7) is 2.29. The van der Waals surface area contributed by atoms with Gasteiger partial charge < -0.3 is 10.4 Å². The monoisotopic (exact) mass is 376 g/mol. The molecule has 0 spiro atoms. The predicted molar refractivity (Wildman–Crippen MR) is 104 cm³/mol. The van der Waals surface area contributed by atoms with Crippen molar-refractivity contribution in [1.29, 1.82) is 5.26 Å². The number of nitriles is 1. The lowest BCUT2D eigenvalue weighted by atomic mass is 10.0. The van der Waals surface area contributed by atoms with Crippen LogP contribution in [0.1, 0.15) is 21.5 Å². The van der Waals surface area contributed by atoms with Gasteiger partial charge in [-0.15, -0.1) is 0 Å². The number of aromatic nitrogens is 3. The lowest BCUT2D eigenvalue weighted by Crippen LogP contribution is -2.33. The molecular weight excluding hydrogens is 356 g/mol. The van der Waals surface area contributed by atoms with Gasteiger partial charge in [-0.25, -0.2) is 4.98 Å². The van der Waals surface area contributed by atoms with E-state index in [1.54, 1.807) is 36.5 Å². The van der Waals surface area contributed by atoms with E-state index in [-0.39, 0.29) is 11.8 Å². The second-order valence-corrected chi connectivity index (χ2v) is 6.58. The van der Waals surface area contributed by atoms with Gasteiger partial charge in [0.1, 0.15) is 0 Å². The van der Waals surface area contributed by atoms with Crippen LogP contribution in [0.15, 0.2) is 42.7 Å². The Kier molecular flexibility index (Phi) is 5.38. The lowest BCUT2D eigenvalue weighted by molar-refractivity contribution is 0.0935. The highest BCUT2D eigenvalue weighted by Crippen LogP contribution is 2.32. The van der Waals surface area contributed by atoms with Crippen molar-refractivity contribution in [1.82, 2.24) is 25.0 Å². The van der Waals surface area contributed by atoms with Crippen LogP contribution in [0, 0.1) is 18.3 Å². The fourth-order valence-corrected chi connectivity index (χ4v) is 2.71. The number of carbonyl (C=O) groups is 1. The number of pyridine rings is 1. The number of nitrogens with zero attached hydrogens (tertiary/aromatic N) is 5. The molecule has 0 aliphatic heterocycles. The van der Waals surface area contributed by atoms with Crippen LogP contribution < -0.4 is 5.32 Å². The SMILES string of the molecule is Cc1cc(C#N)ccc1-c1cnn(-c2ccc(C(=O)NCN(C)C)cn2)c1O. The highest BCUT2D eigenvalue weighted by Gasteiger charge is 2.16. The van der Waals surface area contributed by atoms with Crippen molar-refractivity contribution in [3.63, 3.8) is 0 Å². The fourth-order valence-electron chi connectivity index (χ4n) is 2.71. The predicted octanol–water partition coefficient (Wildman–Crippen LogP) is 2.07. The van der Waals surface area contributed by atoms with Crippen LogP contribution >= 0.6 is 0 Å². The molecule has 0 saturated heterocycles. The first-order valence-electron chi connectivity index (χ1n) is 8.58. The van der Waals surface area contributed by atoms with Crippen LogP contribution in [-0.2, 0) is 0 Å². The van der Waals surface area contributed by atoms with Crippen LogP contribution in [-0.4, -0.2) is 51.4 Å². The van der Waals surface area contributed by atoms with E-state index in [0.29, 0.717) is 29.2 Å². The zero-order valence-electron chi connectivity index (χ0n) is 15.8. The maximum atomic E-state index is 12.1. The summed E-state index contributed by atoms with van der Waals surface area (Å²) in [4.78, 5) is 18.1. The number of benzene rings is 1. The van der Waals surface area contributed by atoms with Crippen LogP contribution in [0.2, 0.25) is 0 Å². The van der Waals surface area contributed by atoms with Gasteiger partial charge in [0.05, 0.1) is 35.6 Å². The molecular formula is C20H20N6O2. The number of carbonyl (C=O) groups excluding carboxylic acids is 1. The molecule has 2 N–H and O–H groups in total. The van der Waals surface area contributed by atoms with Crippen molar-refractivity contribution in [2.75, 3.05) is 20.8 Å². The van der Waals surface area contributed by atoms with E-state index < -0.39 is 0 Å². The number of hydrogen-bond donors (Lipinski definition) is 2. The summed E-state index contributed by atoms with van der Waals surface area (Å²) < 4.78 is 1.30. The van der Waals surface area contributed by atoms with Gasteiger partial charge in [-0.2, -0.15) is 15.0 Å². The van der Waals surface area contributed by atoms with Crippen molar-refractivity contribution < 1.29 is 9.90 Å². The van der Waals surface area contributed by atoms with Gasteiger partial charge >= 0.3 is 0 Å². The zero-order valence-corrected chi connectivity index (χ0v) is 15.8. The Bertz CT molecular complexity index is 1050. The molecule has 3 aromatic rings. The largest absolute Gasteiger partial charge is 0.493 e. The first-order valence-corrected chi connectivity index (χ1v) is 8.58. The molecule has 8 heteroatoms. The highest BCUT2D eigenvalue weighted by molar-refractivity contribution is 5.93. The van der Waals surface area contributed by atoms with Crippen molar-refractivity contribution in [3.8, 4) is 28.9 Å². The summed E-state index contributed by atoms with van der Waals surface area (Å²) in [5, 5.41) is 26.6. The van der Waals surface area contributed by atoms with Crippen molar-refractivity contribution >= 4 is 5.91 Å². The third-order valence-corrected chi connectivity index (χ3v) is 4.17. The molecule has 1 aromatic carbocycles. The molecule has 0 bridgehead atoms. The zero-order chi connectivity index (χ0) is 20.3. The third-order valence-electron chi connectivity index (χ3n) is 4.17. The number of amides is 1. The third kappa shape index (κ3) is 3.84. The molecule has 0 radical (unpaired) electrons. The average Bonchev–Trinajstić information content (AvgIpc) is 3.07. The summed E-state index contributed by atoms with van der Waals surface area (Å²) in [5.41, 5.74) is 3.15. The van der Waals surface area contributed by atoms with Crippen molar-refractivity contribution in [2.45, 2.75) is 6.92 Å². The number of aromatic hydroxyl groups is 1. The highest BCUT2D eigenvalue weighted by atomic mass is 16.3. The Morgan fingerprint density at radius 2 is 2.04 bits per heavy atom. The summed E-state index contributed by atoms with van der Waals surface area (Å²) in [5.74, 6) is 0.0932. The van der Waals surface area contributed by atoms with E-state index in [1.807, 2.05) is 25.9 Å². The molecule has 142 valence electrons. The number of nitrogens with one attached hydrogen (secondary N) is 1. The van der Waals surface area contributed by atoms with Gasteiger partial charge in [0, 0.05) is 6.20 Å². The van der Waals surface area contributed by atoms with E-state index in [4.69, 9.17) is 5.26 Å². The molecule has 0 fully saturated rings. The molecule has 2 heterocycles. The molecule has 2 aromatic heterocycles. The second-order valence-electron chi connectivity index (χ2n) is 6.58. The minimum Gasteiger partial charge on any atom is -0.493 e. The van der Waals surface area contributed by atoms with Crippen molar-refractivity contribution in [3.05, 3.63) is 59.4 Å². The molecule has 0 atom stereocenters. The molecule has 8 nitrogen and oxygen atoms in total. The molecule has 0 saturated carbocycles. The molecule has 3 rings (SSSR count). The molecule has 0 aliphatic carbocycles. The van der Waals surface area contributed by atoms with Gasteiger partial charge in [0.2, 0.25) is 5.88 Å². The summed E-state index contributed by atoms with van der Waals surface area (Å²) in [6, 6.07) is 10.6. The summed E-state index contributed by atoms with van der Waals surface area (Å²) >= 11 is 0. The Morgan fingerprint density at radius 3 is 2.64 bits per heavy atom. The van der Waals surface area contributed by atoms with Gasteiger partial charge in [0.25, 0.3) is 5.91 Å². The summed E-state index contributed by atoms with van der Waals surface area (Å²) in [6.07, 6.45) is 2.98. The number of rotatable bonds is 5. The Hall–Kier alpha value is -3.70. The Balaban J connectivity index is 1.86. The van der Waals surface area contributed by atoms with Crippen LogP contribution in [0.3, 0.4) is 0 Å². The van der Waals surface area contributed by atoms with Gasteiger partial charge in [-0.1, -0.05) is 6.07 Å². The van der Waals surface area contributed by atoms with Gasteiger partial charge in [0.15, 0.2) is 5.82 Å². The van der Waals surface area contributed by atoms with E-state index in [1.165, 1.54) is 10.9 Å². The minimum absolute atomic E-state index is 0.0647. The first-order chi connectivity index (χ1) is 13.4. The quantitative estimate of drug-likeness (QED) is 0.660. The molecule has 0 unspecified atom stereocenters. The van der Waals surface area contributed by atoms with E-state index >= 15 is 0 Å². The molecule has 1 amide bonds. The average molecular weight is 376 g/mol. The summed E-state index contributed by atoms with van der Waals surface area (Å²) in [7, 11) is 3.71. The number of hydrogen-bond acceptors (Lipinski definition) is 6. The molecule has 28 heavy (non-hydrogen) atoms. The topological polar surface area (TPSA) is 107 Å². The Morgan fingerprint density at radius 1 is 1.25 bits per heavy atom. The molecule has 0 aliphatic rings. The maximum absolute atomic E-state index is 12.1. The second kappa shape index (κ2) is 7.90. The standard InChI is InChI=1S/C20H20N6O2/c1-13-8-14(9-21)4-6-16(13)17-11-24-26(20(17)28)18-7-5-15(10-22-18)19(27)23-12-25(2)3/h4-8,10-11,28H,12H2,1-3H3,(H,23,27). The van der Waals surface area contributed by atoms with Crippen molar-refractivity contribution in [2.24, 2.45) is 0 Å². The van der Waals surface area contributed by atoms with E-state index in [2.05, 4.69) is 21.5 Å². The normalized spacial score (nSPS) is 10.7. The van der Waals surface area contributed by atoms with E-state index in [0.717, 1.165) is 11.1 Å². The maximum Gasteiger partial charge on any atom is 0.253 e. The fraction of sp³-hybridized carbons (Fsp3) is 0.200. The van der Waals surface area contributed by atoms with Crippen LogP contribution in [0.5, 0.6) is 5.88 Å². The van der Waals surface area contributed by atoms with Gasteiger partial charge in [-0.05, 0) is 56.4 Å². The minimum atomic E-state index is -0.230. The lowest BCUT2D eigenvalue weighted by Gasteiger charge is -2.11. The van der Waals surface area contributed by atoms with E-state index in [9.17, 15) is 9.90 Å². The van der Waals surface area contributed by atoms with Crippen LogP contribution in [0.4, 0.5) is 0 Å². The Labute approximate surface area is 162 Å². The smallest absolute Gasteiger partial charge is 0.253 e. The van der Waals surface area contributed by atoms with Gasteiger partial charge in [-0.3, -0.25) is 9.69 Å².